The van der Waals surface area contributed by atoms with E-state index in [1.165, 1.54) is 28.1 Å². The first kappa shape index (κ1) is 74.3. The Bertz CT molecular complexity index is 2490. The number of methoxy groups -OCH3 is 2. The zero-order valence-electron chi connectivity index (χ0n) is 49.1. The van der Waals surface area contributed by atoms with Gasteiger partial charge in [0.25, 0.3) is 5.69 Å². The van der Waals surface area contributed by atoms with Crippen LogP contribution in [0.25, 0.3) is 0 Å². The topological polar surface area (TPSA) is 480 Å². The smallest absolute Gasteiger partial charge is 0.302 e. The van der Waals surface area contributed by atoms with Gasteiger partial charge >= 0.3 is 5.97 Å². The fraction of sp³-hybridized carbons (Fsp3) is 0.709. The van der Waals surface area contributed by atoms with E-state index in [4.69, 9.17) is 57.2 Å². The molecule has 489 valence electrons. The predicted octanol–water partition coefficient (Wildman–Crippen LogP) is -1.92. The van der Waals surface area contributed by atoms with Crippen LogP contribution in [-0.2, 0) is 56.9 Å². The van der Waals surface area contributed by atoms with Crippen molar-refractivity contribution in [3.8, 4) is 12.1 Å². The van der Waals surface area contributed by atoms with Gasteiger partial charge in [-0.05, 0) is 50.5 Å². The van der Waals surface area contributed by atoms with Gasteiger partial charge in [0.15, 0.2) is 18.9 Å². The van der Waals surface area contributed by atoms with Crippen LogP contribution in [0.1, 0.15) is 56.7 Å². The molecular formula is C55H83N6O26. The first-order valence-electron chi connectivity index (χ1n) is 27.9. The van der Waals surface area contributed by atoms with Crippen LogP contribution in [0.15, 0.2) is 40.6 Å². The van der Waals surface area contributed by atoms with Crippen LogP contribution >= 0.6 is 0 Å². The number of aliphatic hydroxyl groups excluding tert-OH is 12. The normalized spacial score (nSPS) is 32.4. The van der Waals surface area contributed by atoms with E-state index >= 15 is 0 Å². The molecule has 20 unspecified atom stereocenters. The molecule has 32 nitrogen and oxygen atoms in total. The van der Waals surface area contributed by atoms with Crippen molar-refractivity contribution < 1.29 is 123 Å². The van der Waals surface area contributed by atoms with Gasteiger partial charge in [0.2, 0.25) is 0 Å². The number of hydrogen-bond donors (Lipinski definition) is 12. The Morgan fingerprint density at radius 1 is 0.690 bits per heavy atom. The standard InChI is InChI=1S/C29H52O21.C23H24N6O4.C3H7O/c1-10-15(34)16(35)24(13(8-33)45-10)49-28-20(39)18(37)25(50-29-26(43-5-4-30)21(40)23(42-3)12(7-32)47-29)14(48-28)9-44-27-19(38)17(36)22(41-2)11(6-31)46-27;1-4-5-8-28(9-10-33-17(3)30)20-6-7-22(16(2)11-20)26-27-23-18(14-24)12-21(29(31)32)13-19(23)15-25;1-2-3-4/h10-40H,4-9H2,1-3H3;6-7,11-13H,4-5,8-10H2,1-3H3;4H,1-3H2. The summed E-state index contributed by atoms with van der Waals surface area (Å²) in [6.45, 7) is 8.66. The van der Waals surface area contributed by atoms with Gasteiger partial charge in [-0.15, -0.1) is 5.11 Å². The number of carbonyl (C=O) groups is 1. The molecular weight excluding hydrogens is 1160 g/mol. The summed E-state index contributed by atoms with van der Waals surface area (Å²) < 4.78 is 61.5. The molecule has 0 saturated carbocycles. The number of nitriles is 2. The molecule has 4 fully saturated rings. The van der Waals surface area contributed by atoms with Gasteiger partial charge in [-0.3, -0.25) is 14.9 Å². The summed E-state index contributed by atoms with van der Waals surface area (Å²) in [5.41, 5.74) is 1.70. The minimum Gasteiger partial charge on any atom is -0.464 e. The number of nitro benzene ring substituents is 1. The van der Waals surface area contributed by atoms with Crippen molar-refractivity contribution in [2.24, 2.45) is 10.2 Å². The Morgan fingerprint density at radius 2 is 1.22 bits per heavy atom. The van der Waals surface area contributed by atoms with Crippen LogP contribution in [0, 0.1) is 46.6 Å². The molecule has 0 amide bonds. The van der Waals surface area contributed by atoms with Gasteiger partial charge in [0.1, 0.15) is 122 Å². The number of benzene rings is 2. The highest BCUT2D eigenvalue weighted by Gasteiger charge is 2.55. The number of azo groups is 1. The highest BCUT2D eigenvalue weighted by Crippen LogP contribution is 2.36. The van der Waals surface area contributed by atoms with Crippen molar-refractivity contribution in [1.29, 1.82) is 10.5 Å². The van der Waals surface area contributed by atoms with E-state index in [9.17, 15) is 81.6 Å². The number of hydrogen-bond acceptors (Lipinski definition) is 31. The van der Waals surface area contributed by atoms with Crippen molar-refractivity contribution in [3.63, 3.8) is 0 Å². The Hall–Kier alpha value is -5.19. The SMILES string of the molecule is CCCCN(CCOC(C)=O)c1ccc(N=Nc2c(C#N)cc([N+](=O)[O-])cc2C#N)c(C)c1.COC1C(CO)OC(OCC2OC(OC3C(CO)OC(C)C(O)C3O)C(O)C(O)C2OC2OC(CO)C(OC)C(O)C2OCCO)C(O)C1O.[CH2]CCO. The van der Waals surface area contributed by atoms with Crippen LogP contribution in [0.2, 0.25) is 0 Å². The maximum atomic E-state index is 11.4. The average molecular weight is 1240 g/mol. The van der Waals surface area contributed by atoms with Crippen LogP contribution in [-0.4, -0.2) is 275 Å². The van der Waals surface area contributed by atoms with Crippen molar-refractivity contribution in [1.82, 2.24) is 0 Å². The summed E-state index contributed by atoms with van der Waals surface area (Å²) in [5, 5.41) is 161. The molecule has 2 aromatic carbocycles. The van der Waals surface area contributed by atoms with Crippen LogP contribution in [0.3, 0.4) is 0 Å². The van der Waals surface area contributed by atoms with Gasteiger partial charge in [-0.2, -0.15) is 15.6 Å². The van der Waals surface area contributed by atoms with E-state index in [1.54, 1.807) is 6.07 Å². The lowest BCUT2D eigenvalue weighted by Crippen LogP contribution is -2.67. The lowest BCUT2D eigenvalue weighted by atomic mass is 9.94. The van der Waals surface area contributed by atoms with Gasteiger partial charge < -0.3 is 118 Å². The summed E-state index contributed by atoms with van der Waals surface area (Å²) >= 11 is 0. The minimum absolute atomic E-state index is 0.0139. The second-order valence-electron chi connectivity index (χ2n) is 20.3. The van der Waals surface area contributed by atoms with E-state index in [2.05, 4.69) is 29.0 Å². The number of carbonyl (C=O) groups excluding carboxylic acids is 1. The lowest BCUT2D eigenvalue weighted by Gasteiger charge is -2.49. The molecule has 1 radical (unpaired) electrons. The molecule has 4 saturated heterocycles. The number of anilines is 1. The maximum absolute atomic E-state index is 11.4. The number of unbranched alkanes of at least 4 members (excludes halogenated alkanes) is 1. The number of non-ortho nitro benzene ring substituents is 1. The number of aryl methyl sites for hydroxylation is 1. The van der Waals surface area contributed by atoms with E-state index in [-0.39, 0.29) is 48.3 Å². The quantitative estimate of drug-likeness (QED) is 0.0211. The van der Waals surface area contributed by atoms with E-state index in [0.717, 1.165) is 42.8 Å². The fourth-order valence-electron chi connectivity index (χ4n) is 9.62. The molecule has 4 heterocycles. The Morgan fingerprint density at radius 3 is 1.75 bits per heavy atom. The number of nitrogens with zero attached hydrogens (tertiary/aromatic N) is 6. The first-order valence-corrected chi connectivity index (χ1v) is 27.9. The van der Waals surface area contributed by atoms with Crippen LogP contribution in [0.5, 0.6) is 0 Å². The largest absolute Gasteiger partial charge is 0.464 e. The highest BCUT2D eigenvalue weighted by molar-refractivity contribution is 5.67. The van der Waals surface area contributed by atoms with Gasteiger partial charge in [-0.25, -0.2) is 0 Å². The third-order valence-corrected chi connectivity index (χ3v) is 14.3. The molecule has 0 spiro atoms. The molecule has 0 bridgehead atoms. The molecule has 4 aliphatic heterocycles. The number of esters is 1. The number of ether oxygens (including phenoxy) is 11. The summed E-state index contributed by atoms with van der Waals surface area (Å²) in [5.74, 6) is -0.322. The van der Waals surface area contributed by atoms with Crippen molar-refractivity contribution in [3.05, 3.63) is 64.1 Å². The van der Waals surface area contributed by atoms with Crippen molar-refractivity contribution in [2.45, 2.75) is 170 Å². The summed E-state index contributed by atoms with van der Waals surface area (Å²) in [6.07, 6.45) is -26.7. The van der Waals surface area contributed by atoms with Crippen molar-refractivity contribution >= 4 is 28.7 Å². The first-order chi connectivity index (χ1) is 41.6. The Kier molecular flexibility index (Phi) is 31.7. The molecule has 0 aliphatic carbocycles. The molecule has 2 aromatic rings. The monoisotopic (exact) mass is 1240 g/mol. The van der Waals surface area contributed by atoms with Gasteiger partial charge in [0.05, 0.1) is 74.0 Å². The number of rotatable bonds is 26. The zero-order valence-corrected chi connectivity index (χ0v) is 49.1. The van der Waals surface area contributed by atoms with Gasteiger partial charge in [0, 0.05) is 52.1 Å². The molecule has 6 rings (SSSR count). The zero-order chi connectivity index (χ0) is 64.7. The van der Waals surface area contributed by atoms with E-state index in [0.29, 0.717) is 18.7 Å². The fourth-order valence-corrected chi connectivity index (χ4v) is 9.62. The number of aliphatic hydroxyl groups is 12. The third-order valence-electron chi connectivity index (χ3n) is 14.3. The second-order valence-corrected chi connectivity index (χ2v) is 20.3. The third kappa shape index (κ3) is 19.9. The molecule has 4 aliphatic rings. The average Bonchev–Trinajstić information content (AvgIpc) is 0.992. The molecule has 0 aromatic heterocycles. The Balaban J connectivity index is 0.000000378. The number of nitro groups is 1. The summed E-state index contributed by atoms with van der Waals surface area (Å²) in [4.78, 5) is 23.6. The lowest BCUT2D eigenvalue weighted by molar-refractivity contribution is -0.384. The molecule has 12 N–H and O–H groups in total. The second kappa shape index (κ2) is 37.1. The van der Waals surface area contributed by atoms with Gasteiger partial charge in [-0.1, -0.05) is 20.3 Å². The molecule has 87 heavy (non-hydrogen) atoms. The van der Waals surface area contributed by atoms with E-state index < -0.39 is 161 Å². The summed E-state index contributed by atoms with van der Waals surface area (Å²) in [6, 6.07) is 11.4. The minimum atomic E-state index is -1.95. The van der Waals surface area contributed by atoms with Crippen molar-refractivity contribution in [2.75, 3.05) is 85.1 Å². The predicted molar refractivity (Wildman–Crippen MR) is 296 cm³/mol. The molecule has 20 atom stereocenters. The maximum Gasteiger partial charge on any atom is 0.302 e. The summed E-state index contributed by atoms with van der Waals surface area (Å²) in [7, 11) is 2.50. The molecule has 32 heteroatoms. The van der Waals surface area contributed by atoms with Crippen LogP contribution < -0.4 is 4.90 Å². The Labute approximate surface area is 502 Å². The van der Waals surface area contributed by atoms with E-state index in [1.807, 2.05) is 31.2 Å². The highest BCUT2D eigenvalue weighted by atomic mass is 16.8. The van der Waals surface area contributed by atoms with Crippen LogP contribution in [0.4, 0.5) is 22.7 Å².